The van der Waals surface area contributed by atoms with Gasteiger partial charge in [0.2, 0.25) is 0 Å². The minimum absolute atomic E-state index is 0.223. The molecule has 0 aliphatic rings. The Kier molecular flexibility index (Phi) is 3.50. The highest BCUT2D eigenvalue weighted by atomic mass is 79.9. The largest absolute Gasteiger partial charge is 0.462 e. The van der Waals surface area contributed by atoms with Crippen molar-refractivity contribution in [3.63, 3.8) is 0 Å². The molecular weight excluding hydrogens is 252 g/mol. The van der Waals surface area contributed by atoms with E-state index in [1.807, 2.05) is 20.8 Å². The standard InChI is InChI=1S/C9H11BrO2S/c1-4-12-9(11)7-5(2)8(10)13-6(7)3/h4H2,1-3H3. The van der Waals surface area contributed by atoms with E-state index in [2.05, 4.69) is 15.9 Å². The predicted octanol–water partition coefficient (Wildman–Crippen LogP) is 3.30. The lowest BCUT2D eigenvalue weighted by Crippen LogP contribution is -2.06. The highest BCUT2D eigenvalue weighted by molar-refractivity contribution is 9.11. The van der Waals surface area contributed by atoms with Crippen LogP contribution in [0.4, 0.5) is 0 Å². The fourth-order valence-electron chi connectivity index (χ4n) is 1.12. The van der Waals surface area contributed by atoms with Gasteiger partial charge in [0, 0.05) is 4.88 Å². The Bertz CT molecular complexity index is 331. The molecule has 0 saturated heterocycles. The molecule has 0 aromatic carbocycles. The number of aryl methyl sites for hydroxylation is 1. The van der Waals surface area contributed by atoms with Gasteiger partial charge >= 0.3 is 5.97 Å². The molecule has 0 amide bonds. The average Bonchev–Trinajstić information content (AvgIpc) is 2.27. The van der Waals surface area contributed by atoms with E-state index in [9.17, 15) is 4.79 Å². The van der Waals surface area contributed by atoms with Crippen molar-refractivity contribution in [2.75, 3.05) is 6.61 Å². The van der Waals surface area contributed by atoms with E-state index >= 15 is 0 Å². The molecule has 0 bridgehead atoms. The Labute approximate surface area is 90.0 Å². The van der Waals surface area contributed by atoms with Crippen molar-refractivity contribution >= 4 is 33.2 Å². The van der Waals surface area contributed by atoms with Crippen molar-refractivity contribution in [1.29, 1.82) is 0 Å². The summed E-state index contributed by atoms with van der Waals surface area (Å²) in [6.07, 6.45) is 0. The first-order valence-electron chi connectivity index (χ1n) is 4.00. The first kappa shape index (κ1) is 10.7. The van der Waals surface area contributed by atoms with Crippen molar-refractivity contribution < 1.29 is 9.53 Å². The number of hydrogen-bond acceptors (Lipinski definition) is 3. The van der Waals surface area contributed by atoms with Crippen molar-refractivity contribution in [1.82, 2.24) is 0 Å². The second-order valence-corrected chi connectivity index (χ2v) is 5.20. The molecule has 2 nitrogen and oxygen atoms in total. The summed E-state index contributed by atoms with van der Waals surface area (Å²) in [6.45, 7) is 6.07. The lowest BCUT2D eigenvalue weighted by atomic mass is 10.2. The maximum atomic E-state index is 11.5. The van der Waals surface area contributed by atoms with Crippen LogP contribution in [0.2, 0.25) is 0 Å². The minimum Gasteiger partial charge on any atom is -0.462 e. The number of halogens is 1. The van der Waals surface area contributed by atoms with Crippen molar-refractivity contribution in [3.05, 3.63) is 19.8 Å². The number of rotatable bonds is 2. The molecular formula is C9H11BrO2S. The molecule has 0 unspecified atom stereocenters. The molecule has 0 saturated carbocycles. The maximum Gasteiger partial charge on any atom is 0.339 e. The molecule has 1 aromatic heterocycles. The summed E-state index contributed by atoms with van der Waals surface area (Å²) in [5, 5.41) is 0. The van der Waals surface area contributed by atoms with Crippen LogP contribution in [0.1, 0.15) is 27.7 Å². The van der Waals surface area contributed by atoms with Gasteiger partial charge in [-0.05, 0) is 42.3 Å². The molecule has 0 atom stereocenters. The van der Waals surface area contributed by atoms with Crippen LogP contribution in [-0.4, -0.2) is 12.6 Å². The summed E-state index contributed by atoms with van der Waals surface area (Å²) in [5.74, 6) is -0.223. The second-order valence-electron chi connectivity index (χ2n) is 2.65. The van der Waals surface area contributed by atoms with Crippen LogP contribution < -0.4 is 0 Å². The summed E-state index contributed by atoms with van der Waals surface area (Å²) in [5.41, 5.74) is 1.68. The van der Waals surface area contributed by atoms with Crippen LogP contribution in [0.25, 0.3) is 0 Å². The third-order valence-corrected chi connectivity index (χ3v) is 3.82. The molecule has 1 aromatic rings. The Balaban J connectivity index is 3.06. The normalized spacial score (nSPS) is 10.2. The number of carbonyl (C=O) groups excluding carboxylic acids is 1. The van der Waals surface area contributed by atoms with Gasteiger partial charge in [0.1, 0.15) is 0 Å². The topological polar surface area (TPSA) is 26.3 Å². The van der Waals surface area contributed by atoms with Gasteiger partial charge < -0.3 is 4.74 Å². The van der Waals surface area contributed by atoms with Crippen LogP contribution in [0, 0.1) is 13.8 Å². The molecule has 0 aliphatic carbocycles. The van der Waals surface area contributed by atoms with Crippen molar-refractivity contribution in [2.45, 2.75) is 20.8 Å². The maximum absolute atomic E-state index is 11.5. The number of esters is 1. The fraction of sp³-hybridized carbons (Fsp3) is 0.444. The van der Waals surface area contributed by atoms with Gasteiger partial charge in [0.05, 0.1) is 16.0 Å². The average molecular weight is 263 g/mol. The van der Waals surface area contributed by atoms with Gasteiger partial charge in [-0.3, -0.25) is 0 Å². The van der Waals surface area contributed by atoms with Gasteiger partial charge in [-0.1, -0.05) is 0 Å². The van der Waals surface area contributed by atoms with Gasteiger partial charge in [-0.15, -0.1) is 11.3 Å². The SMILES string of the molecule is CCOC(=O)c1c(C)sc(Br)c1C. The molecule has 0 spiro atoms. The Morgan fingerprint density at radius 2 is 2.15 bits per heavy atom. The molecule has 13 heavy (non-hydrogen) atoms. The van der Waals surface area contributed by atoms with Crippen LogP contribution in [0.3, 0.4) is 0 Å². The second kappa shape index (κ2) is 4.24. The van der Waals surface area contributed by atoms with E-state index < -0.39 is 0 Å². The summed E-state index contributed by atoms with van der Waals surface area (Å²) in [6, 6.07) is 0. The first-order chi connectivity index (χ1) is 6.07. The number of thiophene rings is 1. The third-order valence-electron chi connectivity index (χ3n) is 1.74. The van der Waals surface area contributed by atoms with Gasteiger partial charge in [0.25, 0.3) is 0 Å². The lowest BCUT2D eigenvalue weighted by Gasteiger charge is -2.01. The summed E-state index contributed by atoms with van der Waals surface area (Å²) in [4.78, 5) is 12.5. The molecule has 1 rings (SSSR count). The molecule has 4 heteroatoms. The number of ether oxygens (including phenoxy) is 1. The molecule has 1 heterocycles. The summed E-state index contributed by atoms with van der Waals surface area (Å²) < 4.78 is 5.96. The van der Waals surface area contributed by atoms with Crippen molar-refractivity contribution in [2.24, 2.45) is 0 Å². The Hall–Kier alpha value is -0.350. The Morgan fingerprint density at radius 1 is 1.54 bits per heavy atom. The van der Waals surface area contributed by atoms with E-state index in [0.717, 1.165) is 14.2 Å². The molecule has 72 valence electrons. The summed E-state index contributed by atoms with van der Waals surface area (Å²) >= 11 is 4.96. The van der Waals surface area contributed by atoms with Crippen LogP contribution in [-0.2, 0) is 4.74 Å². The summed E-state index contributed by atoms with van der Waals surface area (Å²) in [7, 11) is 0. The molecule has 0 N–H and O–H groups in total. The van der Waals surface area contributed by atoms with Gasteiger partial charge in [-0.25, -0.2) is 4.79 Å². The molecule has 0 radical (unpaired) electrons. The molecule has 0 aliphatic heterocycles. The smallest absolute Gasteiger partial charge is 0.339 e. The Morgan fingerprint density at radius 3 is 2.54 bits per heavy atom. The predicted molar refractivity (Wildman–Crippen MR) is 57.4 cm³/mol. The molecule has 0 fully saturated rings. The lowest BCUT2D eigenvalue weighted by molar-refractivity contribution is 0.0525. The van der Waals surface area contributed by atoms with Crippen LogP contribution in [0.5, 0.6) is 0 Å². The van der Waals surface area contributed by atoms with E-state index in [4.69, 9.17) is 4.74 Å². The number of hydrogen-bond donors (Lipinski definition) is 0. The third kappa shape index (κ3) is 2.11. The zero-order valence-electron chi connectivity index (χ0n) is 7.81. The van der Waals surface area contributed by atoms with E-state index in [-0.39, 0.29) is 5.97 Å². The van der Waals surface area contributed by atoms with E-state index in [1.54, 1.807) is 11.3 Å². The monoisotopic (exact) mass is 262 g/mol. The minimum atomic E-state index is -0.223. The first-order valence-corrected chi connectivity index (χ1v) is 5.61. The van der Waals surface area contributed by atoms with Crippen LogP contribution >= 0.6 is 27.3 Å². The van der Waals surface area contributed by atoms with Gasteiger partial charge in [0.15, 0.2) is 0 Å². The van der Waals surface area contributed by atoms with Crippen molar-refractivity contribution in [3.8, 4) is 0 Å². The zero-order valence-corrected chi connectivity index (χ0v) is 10.2. The van der Waals surface area contributed by atoms with E-state index in [0.29, 0.717) is 12.2 Å². The van der Waals surface area contributed by atoms with Gasteiger partial charge in [-0.2, -0.15) is 0 Å². The number of carbonyl (C=O) groups is 1. The van der Waals surface area contributed by atoms with Crippen LogP contribution in [0.15, 0.2) is 3.79 Å². The highest BCUT2D eigenvalue weighted by Crippen LogP contribution is 2.32. The fourth-order valence-corrected chi connectivity index (χ4v) is 2.91. The van der Waals surface area contributed by atoms with E-state index in [1.165, 1.54) is 0 Å². The highest BCUT2D eigenvalue weighted by Gasteiger charge is 2.17. The quantitative estimate of drug-likeness (QED) is 0.765. The zero-order chi connectivity index (χ0) is 10.0.